The minimum absolute atomic E-state index is 0.137. The average Bonchev–Trinajstić information content (AvgIpc) is 2.74. The molecule has 2 aromatic rings. The summed E-state index contributed by atoms with van der Waals surface area (Å²) >= 11 is 3.31. The number of benzene rings is 1. The number of carbonyl (C=O) groups is 1. The van der Waals surface area contributed by atoms with Gasteiger partial charge in [0.15, 0.2) is 0 Å². The van der Waals surface area contributed by atoms with Crippen molar-refractivity contribution in [1.82, 2.24) is 0 Å². The van der Waals surface area contributed by atoms with Crippen molar-refractivity contribution >= 4 is 39.2 Å². The second kappa shape index (κ2) is 4.94. The molecule has 0 spiro atoms. The molecule has 4 heteroatoms. The quantitative estimate of drug-likeness (QED) is 0.864. The molecule has 1 aliphatic carbocycles. The van der Waals surface area contributed by atoms with E-state index in [0.29, 0.717) is 0 Å². The molecule has 18 heavy (non-hydrogen) atoms. The lowest BCUT2D eigenvalue weighted by atomic mass is 9.96. The van der Waals surface area contributed by atoms with Gasteiger partial charge in [-0.2, -0.15) is 0 Å². The van der Waals surface area contributed by atoms with Crippen LogP contribution >= 0.6 is 23.1 Å². The van der Waals surface area contributed by atoms with Gasteiger partial charge in [0, 0.05) is 14.5 Å². The van der Waals surface area contributed by atoms with E-state index in [4.69, 9.17) is 5.11 Å². The Bertz CT molecular complexity index is 601. The third-order valence-corrected chi connectivity index (χ3v) is 5.54. The molecule has 1 N–H and O–H groups in total. The molecule has 94 valence electrons. The number of rotatable bonds is 3. The molecular weight excluding hydrogens is 264 g/mol. The van der Waals surface area contributed by atoms with Gasteiger partial charge in [-0.1, -0.05) is 0 Å². The first-order chi connectivity index (χ1) is 8.74. The van der Waals surface area contributed by atoms with E-state index in [0.717, 1.165) is 4.90 Å². The van der Waals surface area contributed by atoms with Crippen LogP contribution in [0.1, 0.15) is 23.3 Å². The number of hydrogen-bond acceptors (Lipinski definition) is 3. The maximum atomic E-state index is 10.6. The summed E-state index contributed by atoms with van der Waals surface area (Å²) in [5, 5.41) is 10.1. The lowest BCUT2D eigenvalue weighted by Crippen LogP contribution is -1.98. The largest absolute Gasteiger partial charge is 0.481 e. The van der Waals surface area contributed by atoms with Crippen LogP contribution < -0.4 is 0 Å². The summed E-state index contributed by atoms with van der Waals surface area (Å²) < 4.78 is 1.35. The zero-order valence-corrected chi connectivity index (χ0v) is 11.6. The van der Waals surface area contributed by atoms with Gasteiger partial charge in [-0.05, 0) is 54.8 Å². The van der Waals surface area contributed by atoms with Gasteiger partial charge in [0.2, 0.25) is 0 Å². The van der Waals surface area contributed by atoms with Crippen molar-refractivity contribution in [3.63, 3.8) is 0 Å². The number of aryl methyl sites for hydroxylation is 2. The highest BCUT2D eigenvalue weighted by atomic mass is 32.2. The summed E-state index contributed by atoms with van der Waals surface area (Å²) in [6.45, 7) is 0. The number of fused-ring (bicyclic) bond motifs is 3. The molecule has 1 heterocycles. The van der Waals surface area contributed by atoms with Crippen LogP contribution in [0.2, 0.25) is 0 Å². The first-order valence-electron chi connectivity index (χ1n) is 6.13. The predicted molar refractivity (Wildman–Crippen MR) is 76.8 cm³/mol. The fraction of sp³-hybridized carbons (Fsp3) is 0.357. The minimum atomic E-state index is -0.757. The fourth-order valence-corrected chi connectivity index (χ4v) is 4.41. The van der Waals surface area contributed by atoms with Crippen LogP contribution in [0.25, 0.3) is 10.1 Å². The molecule has 0 saturated carbocycles. The number of carboxylic acids is 1. The van der Waals surface area contributed by atoms with Crippen LogP contribution in [0.5, 0.6) is 0 Å². The lowest BCUT2D eigenvalue weighted by molar-refractivity contribution is -0.133. The van der Waals surface area contributed by atoms with Crippen molar-refractivity contribution in [2.75, 3.05) is 5.75 Å². The molecule has 2 nitrogen and oxygen atoms in total. The van der Waals surface area contributed by atoms with E-state index < -0.39 is 5.97 Å². The Morgan fingerprint density at radius 1 is 1.33 bits per heavy atom. The third kappa shape index (κ3) is 2.27. The van der Waals surface area contributed by atoms with Crippen molar-refractivity contribution in [1.29, 1.82) is 0 Å². The van der Waals surface area contributed by atoms with Gasteiger partial charge in [-0.3, -0.25) is 4.79 Å². The van der Waals surface area contributed by atoms with Crippen molar-refractivity contribution in [3.05, 3.63) is 28.6 Å². The van der Waals surface area contributed by atoms with Crippen molar-refractivity contribution in [2.24, 2.45) is 0 Å². The van der Waals surface area contributed by atoms with Gasteiger partial charge in [-0.15, -0.1) is 23.1 Å². The van der Waals surface area contributed by atoms with Crippen LogP contribution in [-0.4, -0.2) is 16.8 Å². The molecule has 1 aromatic carbocycles. The van der Waals surface area contributed by atoms with Crippen molar-refractivity contribution < 1.29 is 9.90 Å². The standard InChI is InChI=1S/C14H14O2S2/c15-14(16)8-17-9-5-6-13-11(7-9)10-3-1-2-4-12(10)18-13/h5-7H,1-4,8H2,(H,15,16). The molecule has 1 aromatic heterocycles. The second-order valence-electron chi connectivity index (χ2n) is 4.55. The van der Waals surface area contributed by atoms with Gasteiger partial charge in [-0.25, -0.2) is 0 Å². The van der Waals surface area contributed by atoms with Crippen LogP contribution in [0, 0.1) is 0 Å². The first-order valence-corrected chi connectivity index (χ1v) is 7.93. The van der Waals surface area contributed by atoms with Gasteiger partial charge < -0.3 is 5.11 Å². The average molecular weight is 278 g/mol. The van der Waals surface area contributed by atoms with Crippen LogP contribution in [0.4, 0.5) is 0 Å². The zero-order valence-electron chi connectivity index (χ0n) is 9.94. The summed E-state index contributed by atoms with van der Waals surface area (Å²) in [7, 11) is 0. The molecule has 0 radical (unpaired) electrons. The first kappa shape index (κ1) is 12.1. The predicted octanol–water partition coefficient (Wildman–Crippen LogP) is 3.96. The SMILES string of the molecule is O=C(O)CSc1ccc2sc3c(c2c1)CCCC3. The summed E-state index contributed by atoms with van der Waals surface area (Å²) in [4.78, 5) is 13.2. The molecule has 0 atom stereocenters. The zero-order chi connectivity index (χ0) is 12.5. The maximum Gasteiger partial charge on any atom is 0.313 e. The van der Waals surface area contributed by atoms with Gasteiger partial charge in [0.05, 0.1) is 5.75 Å². The van der Waals surface area contributed by atoms with Crippen LogP contribution in [-0.2, 0) is 17.6 Å². The molecular formula is C14H14O2S2. The van der Waals surface area contributed by atoms with Crippen LogP contribution in [0.3, 0.4) is 0 Å². The topological polar surface area (TPSA) is 37.3 Å². The highest BCUT2D eigenvalue weighted by Crippen LogP contribution is 2.38. The van der Waals surface area contributed by atoms with E-state index in [1.165, 1.54) is 58.0 Å². The Balaban J connectivity index is 1.97. The second-order valence-corrected chi connectivity index (χ2v) is 6.74. The number of hydrogen-bond donors (Lipinski definition) is 1. The third-order valence-electron chi connectivity index (χ3n) is 3.29. The molecule has 1 aliphatic rings. The van der Waals surface area contributed by atoms with E-state index in [1.54, 1.807) is 0 Å². The van der Waals surface area contributed by atoms with E-state index in [-0.39, 0.29) is 5.75 Å². The van der Waals surface area contributed by atoms with Gasteiger partial charge in [0.25, 0.3) is 0 Å². The highest BCUT2D eigenvalue weighted by Gasteiger charge is 2.16. The van der Waals surface area contributed by atoms with E-state index >= 15 is 0 Å². The molecule has 3 rings (SSSR count). The number of aliphatic carboxylic acids is 1. The number of carboxylic acid groups (broad SMARTS) is 1. The minimum Gasteiger partial charge on any atom is -0.481 e. The molecule has 0 saturated heterocycles. The van der Waals surface area contributed by atoms with Gasteiger partial charge >= 0.3 is 5.97 Å². The summed E-state index contributed by atoms with van der Waals surface area (Å²) in [5.74, 6) is -0.620. The normalized spacial score (nSPS) is 14.7. The summed E-state index contributed by atoms with van der Waals surface area (Å²) in [6.07, 6.45) is 4.99. The Morgan fingerprint density at radius 3 is 3.00 bits per heavy atom. The Morgan fingerprint density at radius 2 is 2.17 bits per heavy atom. The Labute approximate surface area is 114 Å². The fourth-order valence-electron chi connectivity index (χ4n) is 2.48. The van der Waals surface area contributed by atoms with Crippen LogP contribution in [0.15, 0.2) is 23.1 Å². The monoisotopic (exact) mass is 278 g/mol. The van der Waals surface area contributed by atoms with E-state index in [2.05, 4.69) is 12.1 Å². The molecule has 0 amide bonds. The Hall–Kier alpha value is -1.00. The highest BCUT2D eigenvalue weighted by molar-refractivity contribution is 8.00. The summed E-state index contributed by atoms with van der Waals surface area (Å²) in [5.41, 5.74) is 1.51. The van der Waals surface area contributed by atoms with E-state index in [1.807, 2.05) is 17.4 Å². The lowest BCUT2D eigenvalue weighted by Gasteiger charge is -2.10. The Kier molecular flexibility index (Phi) is 3.31. The van der Waals surface area contributed by atoms with Crippen molar-refractivity contribution in [3.8, 4) is 0 Å². The maximum absolute atomic E-state index is 10.6. The van der Waals surface area contributed by atoms with Gasteiger partial charge in [0.1, 0.15) is 0 Å². The van der Waals surface area contributed by atoms with Crippen molar-refractivity contribution in [2.45, 2.75) is 30.6 Å². The molecule has 0 fully saturated rings. The smallest absolute Gasteiger partial charge is 0.313 e. The molecule has 0 aliphatic heterocycles. The molecule has 0 unspecified atom stereocenters. The van der Waals surface area contributed by atoms with E-state index in [9.17, 15) is 4.79 Å². The molecule has 0 bridgehead atoms. The summed E-state index contributed by atoms with van der Waals surface area (Å²) in [6, 6.07) is 6.35. The number of thioether (sulfide) groups is 1. The number of thiophene rings is 1.